The van der Waals surface area contributed by atoms with E-state index in [0.29, 0.717) is 16.5 Å². The van der Waals surface area contributed by atoms with Crippen LogP contribution in [-0.4, -0.2) is 19.2 Å². The zero-order chi connectivity index (χ0) is 13.0. The van der Waals surface area contributed by atoms with Gasteiger partial charge in [0, 0.05) is 11.1 Å². The lowest BCUT2D eigenvalue weighted by molar-refractivity contribution is 0.250. The number of ether oxygens (including phenoxy) is 1. The second-order valence-corrected chi connectivity index (χ2v) is 4.46. The Morgan fingerprint density at radius 3 is 2.59 bits per heavy atom. The third-order valence-corrected chi connectivity index (χ3v) is 2.56. The van der Waals surface area contributed by atoms with Crippen LogP contribution in [0.25, 0.3) is 0 Å². The van der Waals surface area contributed by atoms with Crippen molar-refractivity contribution in [2.24, 2.45) is 0 Å². The van der Waals surface area contributed by atoms with Gasteiger partial charge in [-0.05, 0) is 38.5 Å². The first-order valence-electron chi connectivity index (χ1n) is 5.35. The molecule has 0 saturated heterocycles. The molecule has 0 atom stereocenters. The molecule has 17 heavy (non-hydrogen) atoms. The molecule has 1 rings (SSSR count). The first kappa shape index (κ1) is 13.6. The van der Waals surface area contributed by atoms with Crippen LogP contribution in [0.5, 0.6) is 5.75 Å². The highest BCUT2D eigenvalue weighted by molar-refractivity contribution is 6.31. The Kier molecular flexibility index (Phi) is 4.63. The maximum atomic E-state index is 11.6. The van der Waals surface area contributed by atoms with Gasteiger partial charge in [0.1, 0.15) is 5.75 Å². The number of methoxy groups -OCH3 is 1. The number of carbonyl (C=O) groups excluding carboxylic acids is 1. The molecule has 0 aliphatic heterocycles. The maximum Gasteiger partial charge on any atom is 0.319 e. The molecule has 0 radical (unpaired) electrons. The van der Waals surface area contributed by atoms with Crippen molar-refractivity contribution in [2.45, 2.75) is 26.8 Å². The molecular formula is C12H17ClN2O2. The van der Waals surface area contributed by atoms with E-state index >= 15 is 0 Å². The van der Waals surface area contributed by atoms with Crippen molar-refractivity contribution >= 4 is 23.3 Å². The average molecular weight is 257 g/mol. The Labute approximate surface area is 106 Å². The van der Waals surface area contributed by atoms with E-state index in [1.54, 1.807) is 19.2 Å². The van der Waals surface area contributed by atoms with Gasteiger partial charge >= 0.3 is 6.03 Å². The predicted molar refractivity (Wildman–Crippen MR) is 70.0 cm³/mol. The van der Waals surface area contributed by atoms with Crippen LogP contribution in [0.2, 0.25) is 5.02 Å². The van der Waals surface area contributed by atoms with E-state index in [1.165, 1.54) is 0 Å². The van der Waals surface area contributed by atoms with E-state index in [4.69, 9.17) is 16.3 Å². The van der Waals surface area contributed by atoms with Crippen molar-refractivity contribution in [3.05, 3.63) is 22.7 Å². The molecule has 0 heterocycles. The van der Waals surface area contributed by atoms with Crippen LogP contribution in [0.15, 0.2) is 12.1 Å². The summed E-state index contributed by atoms with van der Waals surface area (Å²) in [6.07, 6.45) is 0. The number of nitrogens with one attached hydrogen (secondary N) is 2. The van der Waals surface area contributed by atoms with Crippen LogP contribution in [0.1, 0.15) is 19.4 Å². The molecule has 0 aromatic heterocycles. The lowest BCUT2D eigenvalue weighted by Crippen LogP contribution is -2.34. The summed E-state index contributed by atoms with van der Waals surface area (Å²) >= 11 is 6.00. The number of hydrogen-bond acceptors (Lipinski definition) is 2. The Balaban J connectivity index is 2.90. The van der Waals surface area contributed by atoms with Gasteiger partial charge in [-0.25, -0.2) is 4.79 Å². The van der Waals surface area contributed by atoms with Crippen molar-refractivity contribution in [2.75, 3.05) is 12.4 Å². The summed E-state index contributed by atoms with van der Waals surface area (Å²) in [7, 11) is 1.55. The first-order chi connectivity index (χ1) is 7.93. The van der Waals surface area contributed by atoms with Gasteiger partial charge < -0.3 is 15.4 Å². The predicted octanol–water partition coefficient (Wildman–Crippen LogP) is 3.19. The summed E-state index contributed by atoms with van der Waals surface area (Å²) in [6.45, 7) is 5.65. The second-order valence-electron chi connectivity index (χ2n) is 4.05. The van der Waals surface area contributed by atoms with E-state index in [-0.39, 0.29) is 12.1 Å². The van der Waals surface area contributed by atoms with Crippen LogP contribution in [0.4, 0.5) is 10.5 Å². The van der Waals surface area contributed by atoms with Crippen molar-refractivity contribution in [1.82, 2.24) is 5.32 Å². The maximum absolute atomic E-state index is 11.6. The molecule has 0 aliphatic carbocycles. The van der Waals surface area contributed by atoms with Gasteiger partial charge in [-0.3, -0.25) is 0 Å². The normalized spacial score (nSPS) is 10.2. The number of rotatable bonds is 3. The minimum atomic E-state index is -0.279. The molecule has 0 fully saturated rings. The molecule has 0 unspecified atom stereocenters. The fraction of sp³-hybridized carbons (Fsp3) is 0.417. The lowest BCUT2D eigenvalue weighted by atomic mass is 10.2. The molecule has 1 aromatic carbocycles. The highest BCUT2D eigenvalue weighted by Crippen LogP contribution is 2.30. The van der Waals surface area contributed by atoms with E-state index in [0.717, 1.165) is 5.56 Å². The highest BCUT2D eigenvalue weighted by Gasteiger charge is 2.10. The van der Waals surface area contributed by atoms with Crippen LogP contribution in [0.3, 0.4) is 0 Å². The number of halogens is 1. The number of benzene rings is 1. The molecule has 2 amide bonds. The van der Waals surface area contributed by atoms with E-state index < -0.39 is 0 Å². The van der Waals surface area contributed by atoms with Crippen molar-refractivity contribution < 1.29 is 9.53 Å². The molecule has 0 aliphatic rings. The van der Waals surface area contributed by atoms with Gasteiger partial charge in [0.25, 0.3) is 0 Å². The Bertz CT molecular complexity index is 419. The molecule has 4 nitrogen and oxygen atoms in total. The number of amides is 2. The van der Waals surface area contributed by atoms with E-state index in [2.05, 4.69) is 10.6 Å². The van der Waals surface area contributed by atoms with E-state index in [9.17, 15) is 4.79 Å². The third-order valence-electron chi connectivity index (χ3n) is 2.15. The van der Waals surface area contributed by atoms with Gasteiger partial charge in [0.05, 0.1) is 12.8 Å². The summed E-state index contributed by atoms with van der Waals surface area (Å²) in [6, 6.07) is 3.25. The number of anilines is 1. The quantitative estimate of drug-likeness (QED) is 0.873. The van der Waals surface area contributed by atoms with Crippen LogP contribution in [0, 0.1) is 6.92 Å². The van der Waals surface area contributed by atoms with Crippen LogP contribution < -0.4 is 15.4 Å². The van der Waals surface area contributed by atoms with Gasteiger partial charge in [0.2, 0.25) is 0 Å². The molecule has 0 saturated carbocycles. The summed E-state index contributed by atoms with van der Waals surface area (Å²) in [5.74, 6) is 0.589. The smallest absolute Gasteiger partial charge is 0.319 e. The lowest BCUT2D eigenvalue weighted by Gasteiger charge is -2.14. The SMILES string of the molecule is COc1cc(C)c(Cl)cc1NC(=O)NC(C)C. The number of urea groups is 1. The molecule has 0 bridgehead atoms. The number of aryl methyl sites for hydroxylation is 1. The van der Waals surface area contributed by atoms with Crippen LogP contribution in [-0.2, 0) is 0 Å². The number of carbonyl (C=O) groups is 1. The zero-order valence-electron chi connectivity index (χ0n) is 10.4. The van der Waals surface area contributed by atoms with Gasteiger partial charge in [-0.2, -0.15) is 0 Å². The van der Waals surface area contributed by atoms with Crippen molar-refractivity contribution in [3.63, 3.8) is 0 Å². The Morgan fingerprint density at radius 1 is 1.41 bits per heavy atom. The van der Waals surface area contributed by atoms with Crippen molar-refractivity contribution in [1.29, 1.82) is 0 Å². The minimum absolute atomic E-state index is 0.0712. The highest BCUT2D eigenvalue weighted by atomic mass is 35.5. The first-order valence-corrected chi connectivity index (χ1v) is 5.73. The monoisotopic (exact) mass is 256 g/mol. The summed E-state index contributed by atoms with van der Waals surface area (Å²) in [4.78, 5) is 11.6. The third kappa shape index (κ3) is 3.82. The fourth-order valence-electron chi connectivity index (χ4n) is 1.34. The van der Waals surface area contributed by atoms with E-state index in [1.807, 2.05) is 20.8 Å². The van der Waals surface area contributed by atoms with Gasteiger partial charge in [0.15, 0.2) is 0 Å². The standard InChI is InChI=1S/C12H17ClN2O2/c1-7(2)14-12(16)15-10-6-9(13)8(3)5-11(10)17-4/h5-7H,1-4H3,(H2,14,15,16). The second kappa shape index (κ2) is 5.77. The fourth-order valence-corrected chi connectivity index (χ4v) is 1.51. The summed E-state index contributed by atoms with van der Waals surface area (Å²) < 4.78 is 5.19. The van der Waals surface area contributed by atoms with Crippen molar-refractivity contribution in [3.8, 4) is 5.75 Å². The Hall–Kier alpha value is -1.42. The van der Waals surface area contributed by atoms with Crippen LogP contribution >= 0.6 is 11.6 Å². The Morgan fingerprint density at radius 2 is 2.06 bits per heavy atom. The minimum Gasteiger partial charge on any atom is -0.495 e. The number of hydrogen-bond donors (Lipinski definition) is 2. The molecule has 2 N–H and O–H groups in total. The van der Waals surface area contributed by atoms with Gasteiger partial charge in [-0.15, -0.1) is 0 Å². The molecule has 0 spiro atoms. The topological polar surface area (TPSA) is 50.4 Å². The molecule has 1 aromatic rings. The summed E-state index contributed by atoms with van der Waals surface area (Å²) in [5.41, 5.74) is 1.46. The zero-order valence-corrected chi connectivity index (χ0v) is 11.2. The molecule has 5 heteroatoms. The largest absolute Gasteiger partial charge is 0.495 e. The molecular weight excluding hydrogens is 240 g/mol. The average Bonchev–Trinajstić information content (AvgIpc) is 2.21. The molecule has 94 valence electrons. The van der Waals surface area contributed by atoms with Gasteiger partial charge in [-0.1, -0.05) is 11.6 Å². The summed E-state index contributed by atoms with van der Waals surface area (Å²) in [5, 5.41) is 6.02.